The van der Waals surface area contributed by atoms with Crippen LogP contribution >= 0.6 is 34.8 Å². The monoisotopic (exact) mass is 241 g/mol. The first kappa shape index (κ1) is 10.5. The Morgan fingerprint density at radius 3 is 1.85 bits per heavy atom. The summed E-state index contributed by atoms with van der Waals surface area (Å²) in [5.74, 6) is -1.60. The van der Waals surface area contributed by atoms with Gasteiger partial charge in [-0.2, -0.15) is 0 Å². The molecule has 0 saturated heterocycles. The highest BCUT2D eigenvalue weighted by molar-refractivity contribution is 6.65. The molecule has 7 heteroatoms. The zero-order valence-electron chi connectivity index (χ0n) is 6.01. The molecule has 0 aromatic rings. The maximum absolute atomic E-state index is 11.1. The molecule has 0 N–H and O–H groups in total. The van der Waals surface area contributed by atoms with Crippen LogP contribution in [0.25, 0.3) is 0 Å². The second-order valence-electron chi connectivity index (χ2n) is 2.18. The summed E-state index contributed by atoms with van der Waals surface area (Å²) in [5, 5.41) is -1.60. The Bertz CT molecular complexity index is 312. The average Bonchev–Trinajstić information content (AvgIpc) is 2.22. The van der Waals surface area contributed by atoms with E-state index >= 15 is 0 Å². The van der Waals surface area contributed by atoms with Crippen molar-refractivity contribution in [2.75, 3.05) is 6.54 Å². The minimum absolute atomic E-state index is 0.385. The molecule has 1 aliphatic heterocycles. The first-order valence-electron chi connectivity index (χ1n) is 3.05. The fraction of sp³-hybridized carbons (Fsp3) is 0.167. The van der Waals surface area contributed by atoms with Crippen molar-refractivity contribution in [1.29, 1.82) is 0 Å². The van der Waals surface area contributed by atoms with Gasteiger partial charge in [0.15, 0.2) is 0 Å². The summed E-state index contributed by atoms with van der Waals surface area (Å²) in [5.41, 5.74) is 0. The Kier molecular flexibility index (Phi) is 2.95. The van der Waals surface area contributed by atoms with Gasteiger partial charge in [0.2, 0.25) is 5.24 Å². The molecular weight excluding hydrogens is 240 g/mol. The fourth-order valence-corrected chi connectivity index (χ4v) is 1.27. The lowest BCUT2D eigenvalue weighted by Crippen LogP contribution is -2.34. The van der Waals surface area contributed by atoms with Gasteiger partial charge in [0, 0.05) is 0 Å². The zero-order valence-corrected chi connectivity index (χ0v) is 8.28. The summed E-state index contributed by atoms with van der Waals surface area (Å²) >= 11 is 15.7. The maximum Gasteiger partial charge on any atom is 0.274 e. The summed E-state index contributed by atoms with van der Waals surface area (Å²) < 4.78 is 0. The number of hydrogen-bond donors (Lipinski definition) is 0. The molecule has 70 valence electrons. The van der Waals surface area contributed by atoms with Crippen molar-refractivity contribution in [2.45, 2.75) is 0 Å². The minimum Gasteiger partial charge on any atom is -0.279 e. The highest BCUT2D eigenvalue weighted by Gasteiger charge is 2.37. The van der Waals surface area contributed by atoms with E-state index in [-0.39, 0.29) is 10.1 Å². The summed E-state index contributed by atoms with van der Waals surface area (Å²) in [6, 6.07) is 0. The van der Waals surface area contributed by atoms with Gasteiger partial charge in [-0.15, -0.1) is 0 Å². The molecule has 0 aliphatic carbocycles. The van der Waals surface area contributed by atoms with Gasteiger partial charge in [0.25, 0.3) is 11.8 Å². The lowest BCUT2D eigenvalue weighted by atomic mass is 10.5. The topological polar surface area (TPSA) is 54.5 Å². The number of halogens is 3. The van der Waals surface area contributed by atoms with Crippen LogP contribution in [0.5, 0.6) is 0 Å². The van der Waals surface area contributed by atoms with Gasteiger partial charge in [-0.3, -0.25) is 19.3 Å². The number of imide groups is 1. The van der Waals surface area contributed by atoms with E-state index in [9.17, 15) is 14.4 Å². The van der Waals surface area contributed by atoms with Crippen molar-refractivity contribution in [2.24, 2.45) is 0 Å². The molecule has 0 fully saturated rings. The van der Waals surface area contributed by atoms with Gasteiger partial charge in [0.05, 0.1) is 0 Å². The first-order valence-corrected chi connectivity index (χ1v) is 4.18. The lowest BCUT2D eigenvalue weighted by Gasteiger charge is -2.09. The summed E-state index contributed by atoms with van der Waals surface area (Å²) in [7, 11) is 0. The first-order chi connectivity index (χ1) is 5.95. The van der Waals surface area contributed by atoms with Gasteiger partial charge < -0.3 is 0 Å². The number of carbonyl (C=O) groups excluding carboxylic acids is 3. The van der Waals surface area contributed by atoms with Gasteiger partial charge in [-0.1, -0.05) is 23.2 Å². The van der Waals surface area contributed by atoms with Crippen LogP contribution in [0.4, 0.5) is 0 Å². The Labute approximate surface area is 88.0 Å². The van der Waals surface area contributed by atoms with Crippen LogP contribution in [0.2, 0.25) is 0 Å². The molecular formula is C6H2Cl3NO3. The number of nitrogens with zero attached hydrogens (tertiary/aromatic N) is 1. The van der Waals surface area contributed by atoms with E-state index < -0.39 is 23.6 Å². The van der Waals surface area contributed by atoms with Crippen molar-refractivity contribution >= 4 is 51.9 Å². The fourth-order valence-electron chi connectivity index (χ4n) is 0.785. The second kappa shape index (κ2) is 3.65. The quantitative estimate of drug-likeness (QED) is 0.532. The molecule has 0 aromatic carbocycles. The molecule has 1 heterocycles. The third kappa shape index (κ3) is 1.85. The molecule has 0 radical (unpaired) electrons. The smallest absolute Gasteiger partial charge is 0.274 e. The van der Waals surface area contributed by atoms with Crippen molar-refractivity contribution in [3.05, 3.63) is 10.1 Å². The molecule has 0 bridgehead atoms. The maximum atomic E-state index is 11.1. The highest BCUT2D eigenvalue weighted by atomic mass is 35.5. The molecule has 1 aliphatic rings. The van der Waals surface area contributed by atoms with Crippen LogP contribution in [-0.4, -0.2) is 28.5 Å². The molecule has 0 saturated carbocycles. The van der Waals surface area contributed by atoms with E-state index in [1.165, 1.54) is 0 Å². The van der Waals surface area contributed by atoms with E-state index in [0.29, 0.717) is 4.90 Å². The van der Waals surface area contributed by atoms with Gasteiger partial charge in [0.1, 0.15) is 16.6 Å². The standard InChI is InChI=1S/C6H2Cl3NO3/c7-2(11)1-10-5(12)3(8)4(9)6(10)13/h1H2. The van der Waals surface area contributed by atoms with Crippen LogP contribution in [0.1, 0.15) is 0 Å². The molecule has 0 aromatic heterocycles. The van der Waals surface area contributed by atoms with E-state index in [4.69, 9.17) is 34.8 Å². The van der Waals surface area contributed by atoms with Crippen LogP contribution < -0.4 is 0 Å². The molecule has 13 heavy (non-hydrogen) atoms. The van der Waals surface area contributed by atoms with Crippen LogP contribution in [0.15, 0.2) is 10.1 Å². The summed E-state index contributed by atoms with van der Waals surface area (Å²) in [4.78, 5) is 33.2. The van der Waals surface area contributed by atoms with Crippen molar-refractivity contribution in [1.82, 2.24) is 4.90 Å². The Morgan fingerprint density at radius 2 is 1.54 bits per heavy atom. The van der Waals surface area contributed by atoms with E-state index in [1.54, 1.807) is 0 Å². The van der Waals surface area contributed by atoms with Crippen molar-refractivity contribution < 1.29 is 14.4 Å². The number of hydrogen-bond acceptors (Lipinski definition) is 3. The normalized spacial score (nSPS) is 17.3. The van der Waals surface area contributed by atoms with Gasteiger partial charge in [-0.25, -0.2) is 0 Å². The largest absolute Gasteiger partial charge is 0.279 e. The van der Waals surface area contributed by atoms with Crippen molar-refractivity contribution in [3.63, 3.8) is 0 Å². The molecule has 0 unspecified atom stereocenters. The van der Waals surface area contributed by atoms with E-state index in [2.05, 4.69) is 0 Å². The van der Waals surface area contributed by atoms with Crippen LogP contribution in [0.3, 0.4) is 0 Å². The van der Waals surface area contributed by atoms with E-state index in [1.807, 2.05) is 0 Å². The SMILES string of the molecule is O=C(Cl)CN1C(=O)C(Cl)=C(Cl)C1=O. The van der Waals surface area contributed by atoms with Gasteiger partial charge in [-0.05, 0) is 11.6 Å². The predicted octanol–water partition coefficient (Wildman–Crippen LogP) is 0.810. The predicted molar refractivity (Wildman–Crippen MR) is 46.3 cm³/mol. The molecule has 2 amide bonds. The molecule has 0 atom stereocenters. The lowest BCUT2D eigenvalue weighted by molar-refractivity contribution is -0.139. The Balaban J connectivity index is 2.91. The third-order valence-corrected chi connectivity index (χ3v) is 2.26. The van der Waals surface area contributed by atoms with Crippen LogP contribution in [0, 0.1) is 0 Å². The van der Waals surface area contributed by atoms with E-state index in [0.717, 1.165) is 0 Å². The summed E-state index contributed by atoms with van der Waals surface area (Å²) in [6.07, 6.45) is 0. The number of carbonyl (C=O) groups is 3. The second-order valence-corrected chi connectivity index (χ2v) is 3.36. The minimum atomic E-state index is -0.836. The number of amides is 2. The van der Waals surface area contributed by atoms with Crippen molar-refractivity contribution in [3.8, 4) is 0 Å². The average molecular weight is 242 g/mol. The van der Waals surface area contributed by atoms with Gasteiger partial charge >= 0.3 is 0 Å². The molecule has 4 nitrogen and oxygen atoms in total. The Morgan fingerprint density at radius 1 is 1.15 bits per heavy atom. The Hall–Kier alpha value is -0.580. The third-order valence-electron chi connectivity index (χ3n) is 1.34. The molecule has 1 rings (SSSR count). The summed E-state index contributed by atoms with van der Waals surface area (Å²) in [6.45, 7) is -0.522. The highest BCUT2D eigenvalue weighted by Crippen LogP contribution is 2.26. The molecule has 0 spiro atoms. The number of rotatable bonds is 2. The van der Waals surface area contributed by atoms with Crippen LogP contribution in [-0.2, 0) is 14.4 Å². The zero-order chi connectivity index (χ0) is 10.2.